The Morgan fingerprint density at radius 3 is 2.50 bits per heavy atom. The van der Waals surface area contributed by atoms with Crippen LogP contribution >= 0.6 is 11.6 Å². The Bertz CT molecular complexity index is 824. The van der Waals surface area contributed by atoms with Gasteiger partial charge in [-0.1, -0.05) is 48.0 Å². The molecule has 0 aromatic heterocycles. The highest BCUT2D eigenvalue weighted by Gasteiger charge is 2.39. The fourth-order valence-corrected chi connectivity index (χ4v) is 5.39. The van der Waals surface area contributed by atoms with E-state index in [2.05, 4.69) is 0 Å². The van der Waals surface area contributed by atoms with Crippen LogP contribution in [0.4, 0.5) is 0 Å². The van der Waals surface area contributed by atoms with Crippen LogP contribution in [0.5, 0.6) is 0 Å². The first-order valence-corrected chi connectivity index (χ1v) is 9.76. The zero-order valence-electron chi connectivity index (χ0n) is 13.5. The van der Waals surface area contributed by atoms with Gasteiger partial charge in [0.1, 0.15) is 4.90 Å². The molecule has 1 fully saturated rings. The van der Waals surface area contributed by atoms with Gasteiger partial charge in [0.05, 0.1) is 5.02 Å². The highest BCUT2D eigenvalue weighted by molar-refractivity contribution is 7.89. The average molecular weight is 365 g/mol. The van der Waals surface area contributed by atoms with Gasteiger partial charge in [0.15, 0.2) is 0 Å². The summed E-state index contributed by atoms with van der Waals surface area (Å²) in [5, 5.41) is 0.266. The second-order valence-corrected chi connectivity index (χ2v) is 8.58. The lowest BCUT2D eigenvalue weighted by Crippen LogP contribution is -2.30. The van der Waals surface area contributed by atoms with Crippen molar-refractivity contribution in [1.29, 1.82) is 0 Å². The molecule has 6 heteroatoms. The van der Waals surface area contributed by atoms with Crippen molar-refractivity contribution < 1.29 is 8.42 Å². The number of aryl methyl sites for hydroxylation is 1. The topological polar surface area (TPSA) is 63.4 Å². The Morgan fingerprint density at radius 2 is 1.88 bits per heavy atom. The molecule has 4 nitrogen and oxygen atoms in total. The molecule has 2 aromatic rings. The van der Waals surface area contributed by atoms with E-state index in [1.165, 1.54) is 4.31 Å². The molecule has 2 atom stereocenters. The molecule has 0 aliphatic carbocycles. The molecule has 0 spiro atoms. The smallest absolute Gasteiger partial charge is 0.244 e. The standard InChI is InChI=1S/C18H21ClN2O2S/c1-13-7-8-18(17(19)9-13)24(22,23)21-11-15(10-20)16(12-21)14-5-3-2-4-6-14/h2-9,15-16H,10-12,20H2,1H3/t15-,16+/m1/s1. The Morgan fingerprint density at radius 1 is 1.17 bits per heavy atom. The minimum absolute atomic E-state index is 0.103. The predicted molar refractivity (Wildman–Crippen MR) is 96.7 cm³/mol. The van der Waals surface area contributed by atoms with E-state index < -0.39 is 10.0 Å². The molecule has 128 valence electrons. The first kappa shape index (κ1) is 17.4. The Kier molecular flexibility index (Phi) is 4.97. The van der Waals surface area contributed by atoms with Gasteiger partial charge in [-0.05, 0) is 42.6 Å². The van der Waals surface area contributed by atoms with Crippen molar-refractivity contribution >= 4 is 21.6 Å². The molecule has 1 saturated heterocycles. The van der Waals surface area contributed by atoms with Crippen LogP contribution in [0.3, 0.4) is 0 Å². The highest BCUT2D eigenvalue weighted by atomic mass is 35.5. The first-order valence-electron chi connectivity index (χ1n) is 7.95. The van der Waals surface area contributed by atoms with Crippen LogP contribution in [0.1, 0.15) is 17.0 Å². The van der Waals surface area contributed by atoms with Gasteiger partial charge in [0.2, 0.25) is 10.0 Å². The number of halogens is 1. The molecule has 1 aliphatic rings. The number of rotatable bonds is 4. The maximum absolute atomic E-state index is 13.0. The molecule has 1 heterocycles. The monoisotopic (exact) mass is 364 g/mol. The van der Waals surface area contributed by atoms with Crippen LogP contribution in [-0.4, -0.2) is 32.4 Å². The second-order valence-electron chi connectivity index (χ2n) is 6.27. The van der Waals surface area contributed by atoms with E-state index in [0.717, 1.165) is 11.1 Å². The van der Waals surface area contributed by atoms with Crippen LogP contribution < -0.4 is 5.73 Å². The molecule has 0 unspecified atom stereocenters. The van der Waals surface area contributed by atoms with Crippen molar-refractivity contribution in [3.63, 3.8) is 0 Å². The normalized spacial score (nSPS) is 22.0. The second kappa shape index (κ2) is 6.84. The molecular formula is C18H21ClN2O2S. The molecule has 2 N–H and O–H groups in total. The van der Waals surface area contributed by atoms with E-state index >= 15 is 0 Å². The summed E-state index contributed by atoms with van der Waals surface area (Å²) in [4.78, 5) is 0.166. The van der Waals surface area contributed by atoms with E-state index in [-0.39, 0.29) is 21.8 Å². The number of benzene rings is 2. The van der Waals surface area contributed by atoms with Crippen molar-refractivity contribution in [1.82, 2.24) is 4.31 Å². The summed E-state index contributed by atoms with van der Waals surface area (Å²) >= 11 is 6.19. The summed E-state index contributed by atoms with van der Waals surface area (Å²) in [6, 6.07) is 15.0. The zero-order chi connectivity index (χ0) is 17.3. The number of nitrogens with two attached hydrogens (primary N) is 1. The molecule has 1 aliphatic heterocycles. The number of nitrogens with zero attached hydrogens (tertiary/aromatic N) is 1. The maximum atomic E-state index is 13.0. The Balaban J connectivity index is 1.92. The fraction of sp³-hybridized carbons (Fsp3) is 0.333. The van der Waals surface area contributed by atoms with Gasteiger partial charge < -0.3 is 5.73 Å². The van der Waals surface area contributed by atoms with Crippen LogP contribution in [-0.2, 0) is 10.0 Å². The number of hydrogen-bond acceptors (Lipinski definition) is 3. The van der Waals surface area contributed by atoms with Crippen molar-refractivity contribution in [2.75, 3.05) is 19.6 Å². The molecule has 24 heavy (non-hydrogen) atoms. The van der Waals surface area contributed by atoms with E-state index in [1.807, 2.05) is 37.3 Å². The van der Waals surface area contributed by atoms with E-state index in [9.17, 15) is 8.42 Å². The third-order valence-corrected chi connectivity index (χ3v) is 6.96. The molecule has 0 bridgehead atoms. The fourth-order valence-electron chi connectivity index (χ4n) is 3.30. The summed E-state index contributed by atoms with van der Waals surface area (Å²) in [5.74, 6) is 0.210. The van der Waals surface area contributed by atoms with Crippen molar-refractivity contribution in [2.24, 2.45) is 11.7 Å². The van der Waals surface area contributed by atoms with Crippen LogP contribution in [0.25, 0.3) is 0 Å². The molecular weight excluding hydrogens is 344 g/mol. The lowest BCUT2D eigenvalue weighted by molar-refractivity contribution is 0.459. The molecule has 0 saturated carbocycles. The average Bonchev–Trinajstić information content (AvgIpc) is 3.00. The number of hydrogen-bond donors (Lipinski definition) is 1. The Hall–Kier alpha value is -1.40. The lowest BCUT2D eigenvalue weighted by atomic mass is 9.89. The van der Waals surface area contributed by atoms with Crippen molar-refractivity contribution in [3.8, 4) is 0 Å². The third kappa shape index (κ3) is 3.22. The molecule has 0 amide bonds. The van der Waals surface area contributed by atoms with E-state index in [1.54, 1.807) is 18.2 Å². The summed E-state index contributed by atoms with van der Waals surface area (Å²) in [5.41, 5.74) is 7.97. The van der Waals surface area contributed by atoms with Gasteiger partial charge in [0, 0.05) is 19.0 Å². The first-order chi connectivity index (χ1) is 11.4. The molecule has 0 radical (unpaired) electrons. The highest BCUT2D eigenvalue weighted by Crippen LogP contribution is 2.36. The minimum Gasteiger partial charge on any atom is -0.330 e. The quantitative estimate of drug-likeness (QED) is 0.907. The largest absolute Gasteiger partial charge is 0.330 e. The van der Waals surface area contributed by atoms with Gasteiger partial charge in [-0.15, -0.1) is 0 Å². The predicted octanol–water partition coefficient (Wildman–Crippen LogP) is 3.01. The van der Waals surface area contributed by atoms with Crippen molar-refractivity contribution in [3.05, 3.63) is 64.7 Å². The zero-order valence-corrected chi connectivity index (χ0v) is 15.1. The summed E-state index contributed by atoms with van der Waals surface area (Å²) in [6.07, 6.45) is 0. The van der Waals surface area contributed by atoms with Gasteiger partial charge in [-0.25, -0.2) is 8.42 Å². The minimum atomic E-state index is -3.62. The van der Waals surface area contributed by atoms with Gasteiger partial charge in [0.25, 0.3) is 0 Å². The van der Waals surface area contributed by atoms with Crippen molar-refractivity contribution in [2.45, 2.75) is 17.7 Å². The van der Waals surface area contributed by atoms with Gasteiger partial charge in [-0.2, -0.15) is 4.31 Å². The summed E-state index contributed by atoms with van der Waals surface area (Å²) < 4.78 is 27.5. The summed E-state index contributed by atoms with van der Waals surface area (Å²) in [6.45, 7) is 3.18. The van der Waals surface area contributed by atoms with Crippen LogP contribution in [0.2, 0.25) is 5.02 Å². The maximum Gasteiger partial charge on any atom is 0.244 e. The van der Waals surface area contributed by atoms with Crippen LogP contribution in [0.15, 0.2) is 53.4 Å². The summed E-state index contributed by atoms with van der Waals surface area (Å²) in [7, 11) is -3.62. The third-order valence-electron chi connectivity index (χ3n) is 4.64. The van der Waals surface area contributed by atoms with E-state index in [0.29, 0.717) is 19.6 Å². The molecule has 3 rings (SSSR count). The van der Waals surface area contributed by atoms with Gasteiger partial charge in [-0.3, -0.25) is 0 Å². The van der Waals surface area contributed by atoms with E-state index in [4.69, 9.17) is 17.3 Å². The van der Waals surface area contributed by atoms with Crippen LogP contribution in [0, 0.1) is 12.8 Å². The molecule has 2 aromatic carbocycles. The number of sulfonamides is 1. The van der Waals surface area contributed by atoms with Gasteiger partial charge >= 0.3 is 0 Å². The Labute approximate surface area is 148 Å². The lowest BCUT2D eigenvalue weighted by Gasteiger charge is -2.18. The SMILES string of the molecule is Cc1ccc(S(=O)(=O)N2C[C@@H](CN)[C@H](c3ccccc3)C2)c(Cl)c1.